The Hall–Kier alpha value is -1.56. The average molecular weight is 413 g/mol. The molecule has 0 saturated heterocycles. The van der Waals surface area contributed by atoms with Crippen LogP contribution in [0.25, 0.3) is 0 Å². The maximum atomic E-state index is 2.26. The predicted molar refractivity (Wildman–Crippen MR) is 141 cm³/mol. The molecule has 0 aromatic heterocycles. The predicted octanol–water partition coefficient (Wildman–Crippen LogP) is 10.8. The Morgan fingerprint density at radius 1 is 0.467 bits per heavy atom. The second-order valence-corrected chi connectivity index (χ2v) is 8.15. The minimum Gasteiger partial charge on any atom is -0.0654 e. The second-order valence-electron chi connectivity index (χ2n) is 8.15. The first-order chi connectivity index (χ1) is 14.5. The minimum atomic E-state index is 0.709. The van der Waals surface area contributed by atoms with E-state index in [1.165, 1.54) is 62.5 Å². The van der Waals surface area contributed by atoms with Crippen molar-refractivity contribution in [3.05, 3.63) is 71.8 Å². The van der Waals surface area contributed by atoms with Crippen molar-refractivity contribution in [3.8, 4) is 0 Å². The largest absolute Gasteiger partial charge is 0.0654 e. The van der Waals surface area contributed by atoms with Gasteiger partial charge in [-0.1, -0.05) is 155 Å². The summed E-state index contributed by atoms with van der Waals surface area (Å²) in [6.45, 7) is 17.8. The third kappa shape index (κ3) is 18.5. The lowest BCUT2D eigenvalue weighted by atomic mass is 9.99. The van der Waals surface area contributed by atoms with Crippen molar-refractivity contribution in [2.45, 2.75) is 119 Å². The van der Waals surface area contributed by atoms with Crippen molar-refractivity contribution >= 4 is 0 Å². The lowest BCUT2D eigenvalue weighted by Gasteiger charge is -2.06. The van der Waals surface area contributed by atoms with E-state index in [-0.39, 0.29) is 0 Å². The molecule has 0 bridgehead atoms. The van der Waals surface area contributed by atoms with E-state index in [0.717, 1.165) is 0 Å². The lowest BCUT2D eigenvalue weighted by Crippen LogP contribution is -1.88. The quantitative estimate of drug-likeness (QED) is 0.378. The fourth-order valence-electron chi connectivity index (χ4n) is 2.53. The van der Waals surface area contributed by atoms with Crippen LogP contribution >= 0.6 is 0 Å². The molecule has 0 heteroatoms. The number of hydrogen-bond donors (Lipinski definition) is 0. The van der Waals surface area contributed by atoms with Crippen molar-refractivity contribution in [2.75, 3.05) is 0 Å². The number of benzene rings is 2. The molecule has 2 atom stereocenters. The highest BCUT2D eigenvalue weighted by atomic mass is 14.0. The van der Waals surface area contributed by atoms with Crippen molar-refractivity contribution in [2.24, 2.45) is 0 Å². The third-order valence-corrected chi connectivity index (χ3v) is 5.42. The van der Waals surface area contributed by atoms with Gasteiger partial charge in [0.25, 0.3) is 0 Å². The van der Waals surface area contributed by atoms with Gasteiger partial charge in [-0.3, -0.25) is 0 Å². The van der Waals surface area contributed by atoms with Gasteiger partial charge in [0.05, 0.1) is 0 Å². The monoisotopic (exact) mass is 412 g/mol. The van der Waals surface area contributed by atoms with E-state index in [2.05, 4.69) is 116 Å². The lowest BCUT2D eigenvalue weighted by molar-refractivity contribution is 0.702. The Morgan fingerprint density at radius 3 is 0.967 bits per heavy atom. The van der Waals surface area contributed by atoms with Gasteiger partial charge >= 0.3 is 0 Å². The molecule has 0 aliphatic rings. The normalized spacial score (nSPS) is 11.5. The van der Waals surface area contributed by atoms with E-state index in [4.69, 9.17) is 0 Å². The Bertz CT molecular complexity index is 477. The van der Waals surface area contributed by atoms with Crippen LogP contribution in [-0.2, 0) is 0 Å². The Balaban J connectivity index is 0. The number of rotatable bonds is 8. The fourth-order valence-corrected chi connectivity index (χ4v) is 2.53. The van der Waals surface area contributed by atoms with Crippen LogP contribution in [0.5, 0.6) is 0 Å². The maximum Gasteiger partial charge on any atom is -0.0193 e. The number of hydrogen-bond acceptors (Lipinski definition) is 0. The first-order valence-corrected chi connectivity index (χ1v) is 12.6. The minimum absolute atomic E-state index is 0.709. The summed E-state index contributed by atoms with van der Waals surface area (Å²) in [4.78, 5) is 0. The highest BCUT2D eigenvalue weighted by molar-refractivity contribution is 5.19. The van der Waals surface area contributed by atoms with Crippen LogP contribution in [0.15, 0.2) is 60.7 Å². The molecule has 0 heterocycles. The molecule has 0 nitrogen and oxygen atoms in total. The van der Waals surface area contributed by atoms with Gasteiger partial charge < -0.3 is 0 Å². The van der Waals surface area contributed by atoms with E-state index < -0.39 is 0 Å². The van der Waals surface area contributed by atoms with Crippen molar-refractivity contribution < 1.29 is 0 Å². The van der Waals surface area contributed by atoms with Crippen LogP contribution in [0, 0.1) is 0 Å². The highest BCUT2D eigenvalue weighted by Gasteiger charge is 1.99. The molecule has 2 aromatic rings. The average Bonchev–Trinajstić information content (AvgIpc) is 2.83. The van der Waals surface area contributed by atoms with Gasteiger partial charge in [-0.05, 0) is 35.8 Å². The maximum absolute atomic E-state index is 2.26. The zero-order valence-electron chi connectivity index (χ0n) is 21.6. The van der Waals surface area contributed by atoms with Gasteiger partial charge in [-0.15, -0.1) is 0 Å². The zero-order valence-corrected chi connectivity index (χ0v) is 21.6. The standard InChI is InChI=1S/2C10H14.C6H14.C4H10/c2*1-3-9(2)10-7-5-4-6-8-10;1-3-5-6-4-2;1-3-4-2/h2*4-9H,3H2,1-2H3;3-6H2,1-2H3;3-4H2,1-2H3. The SMILES string of the molecule is CCC(C)c1ccccc1.CCC(C)c1ccccc1.CCCC.CCCCCC. The number of unbranched alkanes of at least 4 members (excludes halogenated alkanes) is 4. The molecule has 0 aliphatic carbocycles. The Kier molecular flexibility index (Phi) is 24.2. The smallest absolute Gasteiger partial charge is 0.0193 e. The summed E-state index contributed by atoms with van der Waals surface area (Å²) in [5, 5.41) is 0. The summed E-state index contributed by atoms with van der Waals surface area (Å²) < 4.78 is 0. The van der Waals surface area contributed by atoms with Crippen LogP contribution in [-0.4, -0.2) is 0 Å². The molecule has 0 fully saturated rings. The van der Waals surface area contributed by atoms with E-state index in [1.54, 1.807) is 0 Å². The van der Waals surface area contributed by atoms with E-state index >= 15 is 0 Å². The van der Waals surface area contributed by atoms with Crippen LogP contribution in [0.3, 0.4) is 0 Å². The topological polar surface area (TPSA) is 0 Å². The molecule has 0 amide bonds. The summed E-state index contributed by atoms with van der Waals surface area (Å²) in [5.41, 5.74) is 2.90. The molecular weight excluding hydrogens is 360 g/mol. The first kappa shape index (κ1) is 30.6. The third-order valence-electron chi connectivity index (χ3n) is 5.42. The summed E-state index contributed by atoms with van der Waals surface area (Å²) in [6, 6.07) is 21.3. The molecule has 2 aromatic carbocycles. The molecule has 0 aliphatic heterocycles. The molecule has 172 valence electrons. The molecule has 2 rings (SSSR count). The summed E-state index contributed by atoms with van der Waals surface area (Å²) in [5.74, 6) is 1.42. The van der Waals surface area contributed by atoms with Gasteiger partial charge in [0.15, 0.2) is 0 Å². The van der Waals surface area contributed by atoms with E-state index in [0.29, 0.717) is 11.8 Å². The van der Waals surface area contributed by atoms with Gasteiger partial charge in [0.2, 0.25) is 0 Å². The van der Waals surface area contributed by atoms with Crippen molar-refractivity contribution in [1.82, 2.24) is 0 Å². The van der Waals surface area contributed by atoms with Gasteiger partial charge in [0.1, 0.15) is 0 Å². The fraction of sp³-hybridized carbons (Fsp3) is 0.600. The van der Waals surface area contributed by atoms with Crippen molar-refractivity contribution in [3.63, 3.8) is 0 Å². The Labute approximate surface area is 190 Å². The first-order valence-electron chi connectivity index (χ1n) is 12.6. The molecule has 0 saturated carbocycles. The van der Waals surface area contributed by atoms with Crippen molar-refractivity contribution in [1.29, 1.82) is 0 Å². The second kappa shape index (κ2) is 23.7. The zero-order chi connectivity index (χ0) is 23.0. The summed E-state index contributed by atoms with van der Waals surface area (Å²) in [7, 11) is 0. The molecule has 0 N–H and O–H groups in total. The van der Waals surface area contributed by atoms with Crippen LogP contribution < -0.4 is 0 Å². The van der Waals surface area contributed by atoms with Gasteiger partial charge in [-0.2, -0.15) is 0 Å². The van der Waals surface area contributed by atoms with Gasteiger partial charge in [-0.25, -0.2) is 0 Å². The van der Waals surface area contributed by atoms with E-state index in [9.17, 15) is 0 Å². The highest BCUT2D eigenvalue weighted by Crippen LogP contribution is 2.17. The summed E-state index contributed by atoms with van der Waals surface area (Å²) in [6.07, 6.45) is 10.6. The van der Waals surface area contributed by atoms with Gasteiger partial charge in [0, 0.05) is 0 Å². The van der Waals surface area contributed by atoms with E-state index in [1.807, 2.05) is 0 Å². The molecule has 2 unspecified atom stereocenters. The van der Waals surface area contributed by atoms with Crippen LogP contribution in [0.4, 0.5) is 0 Å². The van der Waals surface area contributed by atoms with Crippen LogP contribution in [0.1, 0.15) is 130 Å². The molecule has 30 heavy (non-hydrogen) atoms. The molecule has 0 spiro atoms. The Morgan fingerprint density at radius 2 is 0.767 bits per heavy atom. The summed E-state index contributed by atoms with van der Waals surface area (Å²) >= 11 is 0. The molecular formula is C30H52. The molecule has 0 radical (unpaired) electrons. The van der Waals surface area contributed by atoms with Crippen LogP contribution in [0.2, 0.25) is 0 Å².